The maximum Gasteiger partial charge on any atom is 0.300 e. The summed E-state index contributed by atoms with van der Waals surface area (Å²) in [4.78, 5) is 9.00. The van der Waals surface area contributed by atoms with E-state index < -0.39 is 17.3 Å². The number of rotatable bonds is 0. The summed E-state index contributed by atoms with van der Waals surface area (Å²) in [6.45, 7) is 1.08. The molecule has 0 aromatic rings. The van der Waals surface area contributed by atoms with Crippen LogP contribution in [0.3, 0.4) is 0 Å². The summed E-state index contributed by atoms with van der Waals surface area (Å²) in [5.74, 6) is -0.833. The molecule has 0 saturated carbocycles. The molecular formula is C2H5O5S-. The zero-order valence-corrected chi connectivity index (χ0v) is 4.84. The largest absolute Gasteiger partial charge is 0.750 e. The van der Waals surface area contributed by atoms with Gasteiger partial charge in [-0.1, -0.05) is 0 Å². The first-order valence-corrected chi connectivity index (χ1v) is 2.48. The lowest BCUT2D eigenvalue weighted by Crippen LogP contribution is -1.78. The van der Waals surface area contributed by atoms with Crippen LogP contribution in [0, 0.1) is 0 Å². The topological polar surface area (TPSA) is 97.7 Å². The molecule has 0 amide bonds. The molecule has 0 saturated heterocycles. The molecule has 5 nitrogen and oxygen atoms in total. The lowest BCUT2D eigenvalue weighted by Gasteiger charge is -1.83. The van der Waals surface area contributed by atoms with Crippen LogP contribution in [-0.4, -0.2) is 24.4 Å². The first-order valence-electron chi connectivity index (χ1n) is 1.44. The zero-order valence-electron chi connectivity index (χ0n) is 4.03. The lowest BCUT2D eigenvalue weighted by molar-refractivity contribution is -0.134. The second-order valence-electron chi connectivity index (χ2n) is 0.736. The van der Waals surface area contributed by atoms with Crippen LogP contribution >= 0.6 is 0 Å². The predicted octanol–water partition coefficient (Wildman–Crippen LogP) is -0.571. The Bertz CT molecular complexity index is 68.4. The Morgan fingerprint density at radius 2 is 1.75 bits per heavy atom. The van der Waals surface area contributed by atoms with E-state index in [1.54, 1.807) is 0 Å². The molecule has 2 N–H and O–H groups in total. The molecule has 0 radical (unpaired) electrons. The summed E-state index contributed by atoms with van der Waals surface area (Å²) in [5, 5.41) is 7.42. The van der Waals surface area contributed by atoms with Gasteiger partial charge in [0.2, 0.25) is 0 Å². The van der Waals surface area contributed by atoms with Gasteiger partial charge in [0, 0.05) is 6.92 Å². The molecular weight excluding hydrogens is 136 g/mol. The van der Waals surface area contributed by atoms with Crippen molar-refractivity contribution >= 4 is 17.3 Å². The summed E-state index contributed by atoms with van der Waals surface area (Å²) in [5.41, 5.74) is 0. The van der Waals surface area contributed by atoms with Crippen LogP contribution in [0.25, 0.3) is 0 Å². The van der Waals surface area contributed by atoms with Gasteiger partial charge >= 0.3 is 0 Å². The van der Waals surface area contributed by atoms with Crippen molar-refractivity contribution in [1.82, 2.24) is 0 Å². The molecule has 50 valence electrons. The molecule has 0 rings (SSSR count). The van der Waals surface area contributed by atoms with E-state index in [-0.39, 0.29) is 0 Å². The molecule has 1 atom stereocenters. The van der Waals surface area contributed by atoms with Gasteiger partial charge in [0.15, 0.2) is 0 Å². The Labute approximate surface area is 48.4 Å². The molecule has 0 aliphatic heterocycles. The first kappa shape index (κ1) is 10.5. The highest BCUT2D eigenvalue weighted by molar-refractivity contribution is 7.73. The van der Waals surface area contributed by atoms with Gasteiger partial charge in [0.05, 0.1) is 11.4 Å². The number of carbonyl (C=O) groups is 1. The fraction of sp³-hybridized carbons (Fsp3) is 0.500. The van der Waals surface area contributed by atoms with Crippen molar-refractivity contribution in [3.63, 3.8) is 0 Å². The van der Waals surface area contributed by atoms with Crippen LogP contribution in [0.5, 0.6) is 0 Å². The van der Waals surface area contributed by atoms with Crippen LogP contribution in [0.2, 0.25) is 0 Å². The van der Waals surface area contributed by atoms with E-state index in [1.165, 1.54) is 0 Å². The quantitative estimate of drug-likeness (QED) is 0.440. The number of carboxylic acids is 1. The second kappa shape index (κ2) is 6.54. The average molecular weight is 141 g/mol. The Morgan fingerprint density at radius 3 is 1.75 bits per heavy atom. The predicted molar refractivity (Wildman–Crippen MR) is 24.9 cm³/mol. The van der Waals surface area contributed by atoms with Crippen molar-refractivity contribution in [3.05, 3.63) is 0 Å². The van der Waals surface area contributed by atoms with Gasteiger partial charge in [0.1, 0.15) is 0 Å². The fourth-order valence-corrected chi connectivity index (χ4v) is 0. The van der Waals surface area contributed by atoms with E-state index in [1.807, 2.05) is 0 Å². The third kappa shape index (κ3) is 540. The van der Waals surface area contributed by atoms with Crippen molar-refractivity contribution in [2.75, 3.05) is 0 Å². The van der Waals surface area contributed by atoms with Crippen molar-refractivity contribution in [1.29, 1.82) is 0 Å². The summed E-state index contributed by atoms with van der Waals surface area (Å²) >= 11 is -2.86. The molecule has 0 fully saturated rings. The molecule has 8 heavy (non-hydrogen) atoms. The van der Waals surface area contributed by atoms with Gasteiger partial charge in [0.25, 0.3) is 5.97 Å². The average Bonchev–Trinajstić information content (AvgIpc) is 1.25. The highest BCUT2D eigenvalue weighted by Crippen LogP contribution is 1.43. The molecule has 6 heteroatoms. The van der Waals surface area contributed by atoms with E-state index in [0.717, 1.165) is 6.92 Å². The van der Waals surface area contributed by atoms with Crippen LogP contribution in [0.1, 0.15) is 6.92 Å². The normalized spacial score (nSPS) is 10.9. The fourth-order valence-electron chi connectivity index (χ4n) is 0. The smallest absolute Gasteiger partial charge is 0.300 e. The number of hydrogen-bond acceptors (Lipinski definition) is 3. The summed E-state index contributed by atoms with van der Waals surface area (Å²) in [6.07, 6.45) is 0. The minimum Gasteiger partial charge on any atom is -0.750 e. The molecule has 0 heterocycles. The molecule has 0 aromatic carbocycles. The van der Waals surface area contributed by atoms with Crippen LogP contribution < -0.4 is 0 Å². The Morgan fingerprint density at radius 1 is 1.75 bits per heavy atom. The zero-order chi connectivity index (χ0) is 7.15. The Hall–Kier alpha value is -0.460. The molecule has 0 aromatic heterocycles. The van der Waals surface area contributed by atoms with Crippen molar-refractivity contribution in [2.45, 2.75) is 6.92 Å². The van der Waals surface area contributed by atoms with E-state index in [9.17, 15) is 0 Å². The van der Waals surface area contributed by atoms with Gasteiger partial charge in [-0.2, -0.15) is 0 Å². The van der Waals surface area contributed by atoms with Gasteiger partial charge in [-0.15, -0.1) is 0 Å². The molecule has 0 aliphatic carbocycles. The lowest BCUT2D eigenvalue weighted by atomic mass is 10.9. The monoisotopic (exact) mass is 141 g/mol. The van der Waals surface area contributed by atoms with Gasteiger partial charge in [-0.05, 0) is 0 Å². The Balaban J connectivity index is 0. The minimum absolute atomic E-state index is 0.833. The van der Waals surface area contributed by atoms with Crippen LogP contribution in [0.4, 0.5) is 0 Å². The Kier molecular flexibility index (Phi) is 8.59. The second-order valence-corrected chi connectivity index (χ2v) is 1.17. The third-order valence-corrected chi connectivity index (χ3v) is 0. The maximum absolute atomic E-state index is 9.00. The SMILES string of the molecule is CC(=O)O.O=S([O-])O. The van der Waals surface area contributed by atoms with E-state index in [4.69, 9.17) is 23.2 Å². The van der Waals surface area contributed by atoms with E-state index >= 15 is 0 Å². The summed E-state index contributed by atoms with van der Waals surface area (Å²) in [6, 6.07) is 0. The number of carboxylic acid groups (broad SMARTS) is 1. The van der Waals surface area contributed by atoms with Crippen molar-refractivity contribution < 1.29 is 23.2 Å². The first-order chi connectivity index (χ1) is 3.46. The third-order valence-electron chi connectivity index (χ3n) is 0. The minimum atomic E-state index is -2.86. The number of aliphatic carboxylic acids is 1. The molecule has 0 bridgehead atoms. The van der Waals surface area contributed by atoms with Crippen LogP contribution in [0.15, 0.2) is 0 Å². The van der Waals surface area contributed by atoms with Gasteiger partial charge < -0.3 is 14.2 Å². The number of hydrogen-bond donors (Lipinski definition) is 2. The van der Waals surface area contributed by atoms with E-state index in [0.29, 0.717) is 0 Å². The molecule has 1 unspecified atom stereocenters. The van der Waals surface area contributed by atoms with Gasteiger partial charge in [-0.3, -0.25) is 4.79 Å². The summed E-state index contributed by atoms with van der Waals surface area (Å²) < 4.78 is 24.1. The highest BCUT2D eigenvalue weighted by atomic mass is 32.2. The van der Waals surface area contributed by atoms with Crippen molar-refractivity contribution in [3.8, 4) is 0 Å². The maximum atomic E-state index is 9.00. The van der Waals surface area contributed by atoms with E-state index in [2.05, 4.69) is 0 Å². The van der Waals surface area contributed by atoms with Crippen LogP contribution in [-0.2, 0) is 16.2 Å². The van der Waals surface area contributed by atoms with Crippen molar-refractivity contribution in [2.24, 2.45) is 0 Å². The summed E-state index contributed by atoms with van der Waals surface area (Å²) in [7, 11) is 0. The van der Waals surface area contributed by atoms with Gasteiger partial charge in [-0.25, -0.2) is 4.21 Å². The standard InChI is InChI=1S/C2H4O2.H2O3S/c1-2(3)4;1-4(2)3/h1H3,(H,3,4);(H2,1,2,3)/p-1. The highest BCUT2D eigenvalue weighted by Gasteiger charge is 1.65. The molecule has 0 aliphatic rings. The molecule has 0 spiro atoms.